The Morgan fingerprint density at radius 2 is 1.94 bits per heavy atom. The molecule has 1 aliphatic heterocycles. The molecular formula is C26H24N2O5. The molecule has 0 saturated heterocycles. The van der Waals surface area contributed by atoms with Gasteiger partial charge in [-0.25, -0.2) is 4.79 Å². The van der Waals surface area contributed by atoms with Crippen LogP contribution in [0.2, 0.25) is 0 Å². The van der Waals surface area contributed by atoms with E-state index in [2.05, 4.69) is 9.88 Å². The fourth-order valence-electron chi connectivity index (χ4n) is 4.35. The SMILES string of the molecule is COc1ccc(-c2c(C)c3ccc4c(c3oc2=O)CN(Cc2cccnc2)CO4)cc1OC. The van der Waals surface area contributed by atoms with Crippen LogP contribution in [0.1, 0.15) is 16.7 Å². The lowest BCUT2D eigenvalue weighted by Crippen LogP contribution is -2.31. The minimum Gasteiger partial charge on any atom is -0.493 e. The zero-order chi connectivity index (χ0) is 22.9. The number of hydrogen-bond acceptors (Lipinski definition) is 7. The van der Waals surface area contributed by atoms with E-state index in [4.69, 9.17) is 18.6 Å². The minimum atomic E-state index is -0.398. The summed E-state index contributed by atoms with van der Waals surface area (Å²) in [5.41, 5.74) is 4.21. The fraction of sp³-hybridized carbons (Fsp3) is 0.231. The van der Waals surface area contributed by atoms with E-state index in [0.717, 1.165) is 27.8 Å². The number of aromatic nitrogens is 1. The highest BCUT2D eigenvalue weighted by Crippen LogP contribution is 2.37. The number of nitrogens with zero attached hydrogens (tertiary/aromatic N) is 2. The van der Waals surface area contributed by atoms with Crippen LogP contribution < -0.4 is 19.8 Å². The molecule has 1 aliphatic rings. The highest BCUT2D eigenvalue weighted by molar-refractivity contribution is 5.90. The third-order valence-electron chi connectivity index (χ3n) is 5.98. The van der Waals surface area contributed by atoms with Crippen molar-refractivity contribution in [3.05, 3.63) is 82.0 Å². The quantitative estimate of drug-likeness (QED) is 0.419. The molecule has 0 bridgehead atoms. The summed E-state index contributed by atoms with van der Waals surface area (Å²) in [5.74, 6) is 1.90. The molecule has 2 aromatic carbocycles. The van der Waals surface area contributed by atoms with Crippen molar-refractivity contribution < 1.29 is 18.6 Å². The Morgan fingerprint density at radius 1 is 1.09 bits per heavy atom. The van der Waals surface area contributed by atoms with Gasteiger partial charge in [0.1, 0.15) is 18.1 Å². The molecule has 0 saturated carbocycles. The second-order valence-corrected chi connectivity index (χ2v) is 8.00. The number of methoxy groups -OCH3 is 2. The highest BCUT2D eigenvalue weighted by atomic mass is 16.5. The zero-order valence-corrected chi connectivity index (χ0v) is 18.8. The average Bonchev–Trinajstić information content (AvgIpc) is 2.84. The van der Waals surface area contributed by atoms with Crippen molar-refractivity contribution in [2.24, 2.45) is 0 Å². The van der Waals surface area contributed by atoms with Crippen molar-refractivity contribution >= 4 is 11.0 Å². The summed E-state index contributed by atoms with van der Waals surface area (Å²) in [5, 5.41) is 0.880. The van der Waals surface area contributed by atoms with Crippen LogP contribution in [0.5, 0.6) is 17.2 Å². The van der Waals surface area contributed by atoms with Crippen molar-refractivity contribution in [3.63, 3.8) is 0 Å². The molecule has 0 N–H and O–H groups in total. The molecule has 0 unspecified atom stereocenters. The van der Waals surface area contributed by atoms with Crippen LogP contribution >= 0.6 is 0 Å². The first kappa shape index (κ1) is 21.0. The number of hydrogen-bond donors (Lipinski definition) is 0. The Bertz CT molecular complexity index is 1380. The highest BCUT2D eigenvalue weighted by Gasteiger charge is 2.24. The van der Waals surface area contributed by atoms with Crippen LogP contribution in [-0.4, -0.2) is 30.8 Å². The molecule has 2 aromatic heterocycles. The predicted molar refractivity (Wildman–Crippen MR) is 125 cm³/mol. The summed E-state index contributed by atoms with van der Waals surface area (Å²) >= 11 is 0. The molecular weight excluding hydrogens is 420 g/mol. The topological polar surface area (TPSA) is 74.0 Å². The Hall–Kier alpha value is -3.84. The third-order valence-corrected chi connectivity index (χ3v) is 5.98. The molecule has 7 heteroatoms. The van der Waals surface area contributed by atoms with Crippen LogP contribution in [-0.2, 0) is 13.1 Å². The molecule has 0 spiro atoms. The maximum Gasteiger partial charge on any atom is 0.344 e. The van der Waals surface area contributed by atoms with Crippen LogP contribution in [0.3, 0.4) is 0 Å². The van der Waals surface area contributed by atoms with E-state index < -0.39 is 5.63 Å². The Morgan fingerprint density at radius 3 is 2.70 bits per heavy atom. The van der Waals surface area contributed by atoms with Gasteiger partial charge in [0.25, 0.3) is 0 Å². The summed E-state index contributed by atoms with van der Waals surface area (Å²) in [7, 11) is 3.15. The van der Waals surface area contributed by atoms with Crippen molar-refractivity contribution in [1.29, 1.82) is 0 Å². The van der Waals surface area contributed by atoms with Crippen molar-refractivity contribution in [2.75, 3.05) is 21.0 Å². The van der Waals surface area contributed by atoms with Gasteiger partial charge in [0.2, 0.25) is 0 Å². The van der Waals surface area contributed by atoms with Crippen LogP contribution in [0.4, 0.5) is 0 Å². The minimum absolute atomic E-state index is 0.398. The van der Waals surface area contributed by atoms with E-state index in [1.54, 1.807) is 32.5 Å². The molecule has 7 nitrogen and oxygen atoms in total. The van der Waals surface area contributed by atoms with Crippen LogP contribution in [0.15, 0.2) is 64.1 Å². The molecule has 0 aliphatic carbocycles. The van der Waals surface area contributed by atoms with Gasteiger partial charge in [-0.2, -0.15) is 0 Å². The predicted octanol–water partition coefficient (Wildman–Crippen LogP) is 4.53. The number of aryl methyl sites for hydroxylation is 1. The Kier molecular flexibility index (Phi) is 5.48. The van der Waals surface area contributed by atoms with Crippen molar-refractivity contribution in [2.45, 2.75) is 20.0 Å². The molecule has 5 rings (SSSR count). The Balaban J connectivity index is 1.57. The van der Waals surface area contributed by atoms with Gasteiger partial charge in [-0.3, -0.25) is 9.88 Å². The van der Waals surface area contributed by atoms with Gasteiger partial charge in [0.05, 0.1) is 25.3 Å². The first-order valence-electron chi connectivity index (χ1n) is 10.6. The molecule has 0 amide bonds. The van der Waals surface area contributed by atoms with Gasteiger partial charge in [-0.05, 0) is 53.9 Å². The maximum absolute atomic E-state index is 13.2. The molecule has 168 valence electrons. The second-order valence-electron chi connectivity index (χ2n) is 8.00. The van der Waals surface area contributed by atoms with E-state index in [0.29, 0.717) is 48.0 Å². The summed E-state index contributed by atoms with van der Waals surface area (Å²) in [6.07, 6.45) is 3.60. The lowest BCUT2D eigenvalue weighted by Gasteiger charge is -2.29. The average molecular weight is 444 g/mol. The van der Waals surface area contributed by atoms with E-state index in [9.17, 15) is 4.79 Å². The van der Waals surface area contributed by atoms with Crippen LogP contribution in [0.25, 0.3) is 22.1 Å². The number of benzene rings is 2. The van der Waals surface area contributed by atoms with E-state index in [1.807, 2.05) is 43.5 Å². The summed E-state index contributed by atoms with van der Waals surface area (Å²) in [4.78, 5) is 19.5. The lowest BCUT2D eigenvalue weighted by molar-refractivity contribution is 0.0889. The Labute approximate surface area is 191 Å². The lowest BCUT2D eigenvalue weighted by atomic mass is 9.97. The number of ether oxygens (including phenoxy) is 3. The molecule has 4 aromatic rings. The molecule has 0 atom stereocenters. The first-order valence-corrected chi connectivity index (χ1v) is 10.6. The fourth-order valence-corrected chi connectivity index (χ4v) is 4.35. The van der Waals surface area contributed by atoms with Gasteiger partial charge in [-0.15, -0.1) is 0 Å². The molecule has 0 fully saturated rings. The third kappa shape index (κ3) is 3.81. The normalized spacial score (nSPS) is 13.4. The monoisotopic (exact) mass is 444 g/mol. The second kappa shape index (κ2) is 8.60. The number of fused-ring (bicyclic) bond motifs is 3. The molecule has 0 radical (unpaired) electrons. The zero-order valence-electron chi connectivity index (χ0n) is 18.8. The summed E-state index contributed by atoms with van der Waals surface area (Å²) < 4.78 is 22.6. The van der Waals surface area contributed by atoms with E-state index in [1.165, 1.54) is 0 Å². The van der Waals surface area contributed by atoms with Crippen molar-refractivity contribution in [1.82, 2.24) is 9.88 Å². The van der Waals surface area contributed by atoms with E-state index >= 15 is 0 Å². The standard InChI is InChI=1S/C26H24N2O5/c1-16-19-7-9-21-20(14-28(15-32-21)13-17-5-4-10-27-12-17)25(19)33-26(29)24(16)18-6-8-22(30-2)23(11-18)31-3/h4-12H,13-15H2,1-3H3. The first-order chi connectivity index (χ1) is 16.1. The summed E-state index contributed by atoms with van der Waals surface area (Å²) in [6, 6.07) is 13.3. The largest absolute Gasteiger partial charge is 0.493 e. The van der Waals surface area contributed by atoms with Gasteiger partial charge in [-0.1, -0.05) is 12.1 Å². The molecule has 33 heavy (non-hydrogen) atoms. The molecule has 3 heterocycles. The number of rotatable bonds is 5. The van der Waals surface area contributed by atoms with Gasteiger partial charge in [0, 0.05) is 30.9 Å². The van der Waals surface area contributed by atoms with Crippen molar-refractivity contribution in [3.8, 4) is 28.4 Å². The van der Waals surface area contributed by atoms with E-state index in [-0.39, 0.29) is 0 Å². The number of pyridine rings is 1. The van der Waals surface area contributed by atoms with Gasteiger partial charge in [0.15, 0.2) is 11.5 Å². The maximum atomic E-state index is 13.2. The van der Waals surface area contributed by atoms with Gasteiger partial charge >= 0.3 is 5.63 Å². The van der Waals surface area contributed by atoms with Crippen LogP contribution in [0, 0.1) is 6.92 Å². The summed E-state index contributed by atoms with van der Waals surface area (Å²) in [6.45, 7) is 3.70. The smallest absolute Gasteiger partial charge is 0.344 e. The van der Waals surface area contributed by atoms with Gasteiger partial charge < -0.3 is 18.6 Å².